The van der Waals surface area contributed by atoms with E-state index >= 15 is 0 Å². The lowest BCUT2D eigenvalue weighted by atomic mass is 9.88. The summed E-state index contributed by atoms with van der Waals surface area (Å²) in [7, 11) is 0. The zero-order valence-electron chi connectivity index (χ0n) is 20.2. The molecule has 0 spiro atoms. The molecule has 36 heavy (non-hydrogen) atoms. The maximum absolute atomic E-state index is 13.2. The maximum Gasteiger partial charge on any atom is 0.416 e. The van der Waals surface area contributed by atoms with Gasteiger partial charge in [-0.2, -0.15) is 13.2 Å². The Morgan fingerprint density at radius 3 is 2.39 bits per heavy atom. The third-order valence-electron chi connectivity index (χ3n) is 7.63. The lowest BCUT2D eigenvalue weighted by Gasteiger charge is -2.41. The molecule has 0 bridgehead atoms. The predicted molar refractivity (Wildman–Crippen MR) is 125 cm³/mol. The van der Waals surface area contributed by atoms with E-state index in [1.807, 2.05) is 12.1 Å². The topological polar surface area (TPSA) is 42.0 Å². The highest BCUT2D eigenvalue weighted by molar-refractivity contribution is 5.81. The SMILES string of the molecule is Cc1cc(C(F)(F)F)cc2c1OCN(C(=O)C1CCC(N3CCC(c4ccc(F)cc4)CC3)CO1)C2. The molecule has 2 unspecified atom stereocenters. The maximum atomic E-state index is 13.2. The van der Waals surface area contributed by atoms with E-state index in [0.29, 0.717) is 35.8 Å². The lowest BCUT2D eigenvalue weighted by Crippen LogP contribution is -2.50. The van der Waals surface area contributed by atoms with Crippen molar-refractivity contribution in [3.63, 3.8) is 0 Å². The summed E-state index contributed by atoms with van der Waals surface area (Å²) in [5.41, 5.74) is 1.20. The minimum absolute atomic E-state index is 0.00176. The molecule has 9 heteroatoms. The summed E-state index contributed by atoms with van der Waals surface area (Å²) in [5.74, 6) is 0.371. The van der Waals surface area contributed by atoms with E-state index < -0.39 is 17.8 Å². The molecule has 2 aromatic carbocycles. The van der Waals surface area contributed by atoms with Crippen molar-refractivity contribution >= 4 is 5.91 Å². The highest BCUT2D eigenvalue weighted by atomic mass is 19.4. The first kappa shape index (κ1) is 25.0. The Labute approximate surface area is 208 Å². The van der Waals surface area contributed by atoms with Crippen LogP contribution in [0.4, 0.5) is 17.6 Å². The number of likely N-dealkylation sites (tertiary alicyclic amines) is 1. The zero-order chi connectivity index (χ0) is 25.4. The number of piperidine rings is 1. The number of nitrogens with zero attached hydrogens (tertiary/aromatic N) is 2. The zero-order valence-corrected chi connectivity index (χ0v) is 20.2. The van der Waals surface area contributed by atoms with Gasteiger partial charge in [0.05, 0.1) is 18.7 Å². The Morgan fingerprint density at radius 2 is 1.75 bits per heavy atom. The first-order chi connectivity index (χ1) is 17.2. The van der Waals surface area contributed by atoms with Crippen LogP contribution in [-0.2, 0) is 22.3 Å². The second kappa shape index (κ2) is 10.0. The van der Waals surface area contributed by atoms with Crippen LogP contribution >= 0.6 is 0 Å². The molecule has 3 aliphatic rings. The predicted octanol–water partition coefficient (Wildman–Crippen LogP) is 5.26. The van der Waals surface area contributed by atoms with Gasteiger partial charge in [-0.05, 0) is 87.0 Å². The quantitative estimate of drug-likeness (QED) is 0.533. The Kier molecular flexibility index (Phi) is 6.96. The fourth-order valence-electron chi connectivity index (χ4n) is 5.63. The molecule has 0 saturated carbocycles. The van der Waals surface area contributed by atoms with Crippen LogP contribution in [0.15, 0.2) is 36.4 Å². The van der Waals surface area contributed by atoms with Crippen molar-refractivity contribution < 1.29 is 31.8 Å². The van der Waals surface area contributed by atoms with Crippen molar-refractivity contribution in [2.75, 3.05) is 26.4 Å². The Bertz CT molecular complexity index is 1090. The number of aryl methyl sites for hydroxylation is 1. The monoisotopic (exact) mass is 506 g/mol. The van der Waals surface area contributed by atoms with Crippen molar-refractivity contribution in [3.8, 4) is 5.75 Å². The highest BCUT2D eigenvalue weighted by Gasteiger charge is 2.37. The van der Waals surface area contributed by atoms with Gasteiger partial charge in [-0.3, -0.25) is 9.69 Å². The number of hydrogen-bond donors (Lipinski definition) is 0. The van der Waals surface area contributed by atoms with Gasteiger partial charge >= 0.3 is 6.18 Å². The van der Waals surface area contributed by atoms with Crippen molar-refractivity contribution in [2.45, 2.75) is 63.4 Å². The van der Waals surface area contributed by atoms with Gasteiger partial charge in [0.15, 0.2) is 6.73 Å². The van der Waals surface area contributed by atoms with Gasteiger partial charge in [0, 0.05) is 11.6 Å². The third kappa shape index (κ3) is 5.22. The van der Waals surface area contributed by atoms with Crippen LogP contribution in [0.25, 0.3) is 0 Å². The summed E-state index contributed by atoms with van der Waals surface area (Å²) in [6, 6.07) is 9.12. The van der Waals surface area contributed by atoms with E-state index in [0.717, 1.165) is 44.5 Å². The van der Waals surface area contributed by atoms with Gasteiger partial charge in [0.1, 0.15) is 17.7 Å². The van der Waals surface area contributed by atoms with Gasteiger partial charge in [-0.15, -0.1) is 0 Å². The second-order valence-electron chi connectivity index (χ2n) is 10.0. The molecule has 3 aliphatic heterocycles. The van der Waals surface area contributed by atoms with Crippen molar-refractivity contribution in [2.24, 2.45) is 0 Å². The molecule has 2 atom stereocenters. The minimum atomic E-state index is -4.46. The number of ether oxygens (including phenoxy) is 2. The highest BCUT2D eigenvalue weighted by Crippen LogP contribution is 2.37. The van der Waals surface area contributed by atoms with Gasteiger partial charge in [-0.1, -0.05) is 12.1 Å². The molecule has 0 aromatic heterocycles. The Morgan fingerprint density at radius 1 is 1.03 bits per heavy atom. The summed E-state index contributed by atoms with van der Waals surface area (Å²) in [6.07, 6.45) is -1.70. The molecule has 5 nitrogen and oxygen atoms in total. The average molecular weight is 507 g/mol. The molecule has 0 N–H and O–H groups in total. The largest absolute Gasteiger partial charge is 0.472 e. The molecule has 194 valence electrons. The van der Waals surface area contributed by atoms with Crippen molar-refractivity contribution in [1.82, 2.24) is 9.80 Å². The van der Waals surface area contributed by atoms with Crippen molar-refractivity contribution in [3.05, 3.63) is 64.5 Å². The van der Waals surface area contributed by atoms with Gasteiger partial charge in [0.25, 0.3) is 5.91 Å². The Balaban J connectivity index is 1.14. The van der Waals surface area contributed by atoms with Crippen LogP contribution < -0.4 is 4.74 Å². The van der Waals surface area contributed by atoms with Crippen LogP contribution in [0.2, 0.25) is 0 Å². The number of fused-ring (bicyclic) bond motifs is 1. The average Bonchev–Trinajstić information content (AvgIpc) is 2.88. The van der Waals surface area contributed by atoms with Crippen molar-refractivity contribution in [1.29, 1.82) is 0 Å². The fourth-order valence-corrected chi connectivity index (χ4v) is 5.63. The lowest BCUT2D eigenvalue weighted by molar-refractivity contribution is -0.154. The number of halogens is 4. The summed E-state index contributed by atoms with van der Waals surface area (Å²) in [6.45, 7) is 3.94. The van der Waals surface area contributed by atoms with E-state index in [4.69, 9.17) is 9.47 Å². The molecule has 3 heterocycles. The minimum Gasteiger partial charge on any atom is -0.472 e. The summed E-state index contributed by atoms with van der Waals surface area (Å²) < 4.78 is 64.6. The number of hydrogen-bond acceptors (Lipinski definition) is 4. The molecule has 1 amide bonds. The normalized spacial score (nSPS) is 23.8. The van der Waals surface area contributed by atoms with E-state index in [2.05, 4.69) is 4.90 Å². The summed E-state index contributed by atoms with van der Waals surface area (Å²) in [5, 5.41) is 0. The molecular weight excluding hydrogens is 476 g/mol. The number of benzene rings is 2. The van der Waals surface area contributed by atoms with Gasteiger partial charge in [-0.25, -0.2) is 4.39 Å². The van der Waals surface area contributed by atoms with E-state index in [-0.39, 0.29) is 31.0 Å². The van der Waals surface area contributed by atoms with Gasteiger partial charge in [0.2, 0.25) is 0 Å². The number of carbonyl (C=O) groups is 1. The van der Waals surface area contributed by atoms with Crippen LogP contribution in [-0.4, -0.2) is 54.3 Å². The number of rotatable bonds is 3. The van der Waals surface area contributed by atoms with Crippen LogP contribution in [0, 0.1) is 12.7 Å². The van der Waals surface area contributed by atoms with E-state index in [1.54, 1.807) is 6.92 Å². The molecular formula is C27H30F4N2O3. The number of alkyl halides is 3. The van der Waals surface area contributed by atoms with Crippen LogP contribution in [0.1, 0.15) is 53.9 Å². The van der Waals surface area contributed by atoms with Crippen LogP contribution in [0.3, 0.4) is 0 Å². The molecule has 0 radical (unpaired) electrons. The first-order valence-electron chi connectivity index (χ1n) is 12.4. The molecule has 0 aliphatic carbocycles. The molecule has 2 aromatic rings. The summed E-state index contributed by atoms with van der Waals surface area (Å²) >= 11 is 0. The third-order valence-corrected chi connectivity index (χ3v) is 7.63. The van der Waals surface area contributed by atoms with E-state index in [9.17, 15) is 22.4 Å². The summed E-state index contributed by atoms with van der Waals surface area (Å²) in [4.78, 5) is 16.9. The fraction of sp³-hybridized carbons (Fsp3) is 0.519. The Hall–Kier alpha value is -2.65. The van der Waals surface area contributed by atoms with Gasteiger partial charge < -0.3 is 14.4 Å². The number of amides is 1. The first-order valence-corrected chi connectivity index (χ1v) is 12.4. The van der Waals surface area contributed by atoms with E-state index in [1.165, 1.54) is 22.6 Å². The molecule has 2 fully saturated rings. The molecule has 2 saturated heterocycles. The molecule has 5 rings (SSSR count). The number of carbonyl (C=O) groups excluding carboxylic acids is 1. The second-order valence-corrected chi connectivity index (χ2v) is 10.0. The standard InChI is InChI=1S/C27H30F4N2O3/c1-17-12-21(27(29,30)31)13-20-14-33(16-36-25(17)20)26(34)24-7-6-23(15-35-24)32-10-8-19(9-11-32)18-2-4-22(28)5-3-18/h2-5,12-13,19,23-24H,6-11,14-16H2,1H3. The van der Waals surface area contributed by atoms with Crippen LogP contribution in [0.5, 0.6) is 5.75 Å². The smallest absolute Gasteiger partial charge is 0.416 e.